The predicted molar refractivity (Wildman–Crippen MR) is 116 cm³/mol. The van der Waals surface area contributed by atoms with Gasteiger partial charge in [0.25, 0.3) is 10.2 Å². The summed E-state index contributed by atoms with van der Waals surface area (Å²) >= 11 is 0. The number of nitrogens with two attached hydrogens (primary N) is 1. The first-order chi connectivity index (χ1) is 14.3. The number of nitrogens with zero attached hydrogens (tertiary/aromatic N) is 2. The van der Waals surface area contributed by atoms with E-state index in [2.05, 4.69) is 20.5 Å². The Bertz CT molecular complexity index is 1350. The molecule has 4 rings (SSSR count). The third kappa shape index (κ3) is 3.70. The van der Waals surface area contributed by atoms with Crippen molar-refractivity contribution in [1.29, 1.82) is 0 Å². The van der Waals surface area contributed by atoms with Crippen LogP contribution in [0.25, 0.3) is 27.5 Å². The molecule has 0 amide bonds. The van der Waals surface area contributed by atoms with E-state index in [0.717, 1.165) is 38.6 Å². The fourth-order valence-electron chi connectivity index (χ4n) is 3.54. The van der Waals surface area contributed by atoms with Gasteiger partial charge in [0, 0.05) is 41.5 Å². The van der Waals surface area contributed by atoms with E-state index in [1.165, 1.54) is 0 Å². The SMILES string of the molecule is COc1cc2ncc3c(C)cn(-c4ccc(CNS(N)(=O)=O)cc4)c3c2cc1OC. The zero-order chi connectivity index (χ0) is 21.5. The summed E-state index contributed by atoms with van der Waals surface area (Å²) in [5.41, 5.74) is 4.64. The molecule has 2 heterocycles. The summed E-state index contributed by atoms with van der Waals surface area (Å²) in [6.45, 7) is 2.17. The zero-order valence-corrected chi connectivity index (χ0v) is 17.7. The molecule has 0 aliphatic heterocycles. The summed E-state index contributed by atoms with van der Waals surface area (Å²) in [5.74, 6) is 1.26. The van der Waals surface area contributed by atoms with Gasteiger partial charge in [-0.25, -0.2) is 5.14 Å². The number of hydrogen-bond acceptors (Lipinski definition) is 5. The fourth-order valence-corrected chi connectivity index (χ4v) is 3.91. The van der Waals surface area contributed by atoms with Crippen LogP contribution in [0.3, 0.4) is 0 Å². The average molecular weight is 426 g/mol. The van der Waals surface area contributed by atoms with Gasteiger partial charge in [0.1, 0.15) is 0 Å². The van der Waals surface area contributed by atoms with Crippen LogP contribution in [0.5, 0.6) is 11.5 Å². The maximum Gasteiger partial charge on any atom is 0.274 e. The highest BCUT2D eigenvalue weighted by Crippen LogP contribution is 2.36. The van der Waals surface area contributed by atoms with Crippen LogP contribution in [0.2, 0.25) is 0 Å². The average Bonchev–Trinajstić information content (AvgIpc) is 3.08. The number of pyridine rings is 1. The number of benzene rings is 2. The first-order valence-corrected chi connectivity index (χ1v) is 10.7. The lowest BCUT2D eigenvalue weighted by Gasteiger charge is -2.12. The predicted octanol–water partition coefficient (Wildman–Crippen LogP) is 2.80. The van der Waals surface area contributed by atoms with Crippen molar-refractivity contribution < 1.29 is 17.9 Å². The third-order valence-corrected chi connectivity index (χ3v) is 5.57. The van der Waals surface area contributed by atoms with E-state index in [-0.39, 0.29) is 6.54 Å². The van der Waals surface area contributed by atoms with Crippen molar-refractivity contribution in [3.05, 3.63) is 59.9 Å². The molecule has 2 aromatic heterocycles. The van der Waals surface area contributed by atoms with Crippen LogP contribution in [0.4, 0.5) is 0 Å². The van der Waals surface area contributed by atoms with Gasteiger partial charge in [-0.2, -0.15) is 13.1 Å². The molecule has 0 unspecified atom stereocenters. The van der Waals surface area contributed by atoms with Gasteiger partial charge in [-0.05, 0) is 36.2 Å². The molecule has 3 N–H and O–H groups in total. The lowest BCUT2D eigenvalue weighted by Crippen LogP contribution is -2.30. The second-order valence-corrected chi connectivity index (χ2v) is 8.34. The molecule has 9 heteroatoms. The van der Waals surface area contributed by atoms with E-state index in [9.17, 15) is 8.42 Å². The van der Waals surface area contributed by atoms with Crippen LogP contribution in [0.15, 0.2) is 48.8 Å². The van der Waals surface area contributed by atoms with Gasteiger partial charge in [-0.15, -0.1) is 0 Å². The second kappa shape index (κ2) is 7.60. The Morgan fingerprint density at radius 3 is 2.37 bits per heavy atom. The van der Waals surface area contributed by atoms with Crippen LogP contribution in [0.1, 0.15) is 11.1 Å². The normalized spacial score (nSPS) is 11.9. The van der Waals surface area contributed by atoms with E-state index < -0.39 is 10.2 Å². The molecule has 0 aliphatic carbocycles. The highest BCUT2D eigenvalue weighted by molar-refractivity contribution is 7.87. The van der Waals surface area contributed by atoms with Gasteiger partial charge in [0.2, 0.25) is 0 Å². The van der Waals surface area contributed by atoms with Crippen LogP contribution in [-0.2, 0) is 16.8 Å². The third-order valence-electron chi connectivity index (χ3n) is 5.03. The molecule has 0 atom stereocenters. The molecule has 0 saturated carbocycles. The van der Waals surface area contributed by atoms with Gasteiger partial charge in [0.05, 0.1) is 25.3 Å². The van der Waals surface area contributed by atoms with Crippen molar-refractivity contribution in [2.24, 2.45) is 5.14 Å². The molecule has 0 radical (unpaired) electrons. The Labute approximate surface area is 174 Å². The molecular weight excluding hydrogens is 404 g/mol. The summed E-state index contributed by atoms with van der Waals surface area (Å²) in [7, 11) is -0.525. The summed E-state index contributed by atoms with van der Waals surface area (Å²) in [4.78, 5) is 4.60. The first-order valence-electron chi connectivity index (χ1n) is 9.20. The smallest absolute Gasteiger partial charge is 0.274 e. The van der Waals surface area contributed by atoms with Gasteiger partial charge in [-0.1, -0.05) is 12.1 Å². The molecule has 8 nitrogen and oxygen atoms in total. The molecule has 4 aromatic rings. The van der Waals surface area contributed by atoms with Crippen molar-refractivity contribution >= 4 is 32.0 Å². The van der Waals surface area contributed by atoms with E-state index in [1.54, 1.807) is 14.2 Å². The summed E-state index contributed by atoms with van der Waals surface area (Å²) in [6.07, 6.45) is 3.92. The Hall–Kier alpha value is -3.14. The molecule has 0 fully saturated rings. The number of hydrogen-bond donors (Lipinski definition) is 2. The second-order valence-electron chi connectivity index (χ2n) is 6.96. The topological polar surface area (TPSA) is 108 Å². The summed E-state index contributed by atoms with van der Waals surface area (Å²) in [5, 5.41) is 6.98. The van der Waals surface area contributed by atoms with Crippen molar-refractivity contribution in [3.8, 4) is 17.2 Å². The van der Waals surface area contributed by atoms with Crippen LogP contribution >= 0.6 is 0 Å². The highest BCUT2D eigenvalue weighted by atomic mass is 32.2. The molecule has 0 spiro atoms. The van der Waals surface area contributed by atoms with Crippen molar-refractivity contribution in [3.63, 3.8) is 0 Å². The largest absolute Gasteiger partial charge is 0.493 e. The molecule has 30 heavy (non-hydrogen) atoms. The molecule has 0 bridgehead atoms. The van der Waals surface area contributed by atoms with Gasteiger partial charge in [-0.3, -0.25) is 4.98 Å². The standard InChI is InChI=1S/C21H22N4O4S/c1-13-12-25(15-6-4-14(5-7-15)10-24-30(22,26)27)21-16-8-19(28-2)20(29-3)9-18(16)23-11-17(13)21/h4-9,11-12,24H,10H2,1-3H3,(H2,22,26,27). The number of rotatable bonds is 6. The minimum Gasteiger partial charge on any atom is -0.493 e. The number of aryl methyl sites for hydroxylation is 1. The number of nitrogens with one attached hydrogen (secondary N) is 1. The Kier molecular flexibility index (Phi) is 5.10. The minimum atomic E-state index is -3.73. The number of aromatic nitrogens is 2. The molecule has 0 aliphatic rings. The lowest BCUT2D eigenvalue weighted by atomic mass is 10.1. The van der Waals surface area contributed by atoms with E-state index in [4.69, 9.17) is 14.6 Å². The minimum absolute atomic E-state index is 0.133. The van der Waals surface area contributed by atoms with Crippen LogP contribution < -0.4 is 19.3 Å². The van der Waals surface area contributed by atoms with Crippen molar-refractivity contribution in [2.45, 2.75) is 13.5 Å². The maximum absolute atomic E-state index is 11.1. The van der Waals surface area contributed by atoms with Crippen LogP contribution in [0, 0.1) is 6.92 Å². The lowest BCUT2D eigenvalue weighted by molar-refractivity contribution is 0.356. The van der Waals surface area contributed by atoms with Gasteiger partial charge >= 0.3 is 0 Å². The van der Waals surface area contributed by atoms with Gasteiger partial charge in [0.15, 0.2) is 11.5 Å². The number of ether oxygens (including phenoxy) is 2. The van der Waals surface area contributed by atoms with Crippen molar-refractivity contribution in [1.82, 2.24) is 14.3 Å². The zero-order valence-electron chi connectivity index (χ0n) is 16.8. The molecule has 2 aromatic carbocycles. The molecule has 0 saturated heterocycles. The summed E-state index contributed by atoms with van der Waals surface area (Å²) in [6, 6.07) is 11.4. The van der Waals surface area contributed by atoms with E-state index >= 15 is 0 Å². The van der Waals surface area contributed by atoms with Crippen LogP contribution in [-0.4, -0.2) is 32.2 Å². The van der Waals surface area contributed by atoms with E-state index in [1.807, 2.05) is 49.5 Å². The Morgan fingerprint density at radius 1 is 1.07 bits per heavy atom. The Balaban J connectivity index is 1.85. The first kappa shape index (κ1) is 20.1. The van der Waals surface area contributed by atoms with Gasteiger partial charge < -0.3 is 14.0 Å². The fraction of sp³-hybridized carbons (Fsp3) is 0.190. The van der Waals surface area contributed by atoms with E-state index in [0.29, 0.717) is 11.5 Å². The summed E-state index contributed by atoms with van der Waals surface area (Å²) < 4.78 is 37.5. The molecule has 156 valence electrons. The molecular formula is C21H22N4O4S. The quantitative estimate of drug-likeness (QED) is 0.493. The Morgan fingerprint density at radius 2 is 1.73 bits per heavy atom. The number of methoxy groups -OCH3 is 2. The monoisotopic (exact) mass is 426 g/mol. The van der Waals surface area contributed by atoms with Crippen molar-refractivity contribution in [2.75, 3.05) is 14.2 Å². The number of fused-ring (bicyclic) bond motifs is 3. The highest BCUT2D eigenvalue weighted by Gasteiger charge is 2.15. The maximum atomic E-state index is 11.1.